The number of rotatable bonds is 3. The SMILES string of the molecule is CCO[P+](=O)c1ccc(C#N)cc1. The summed E-state index contributed by atoms with van der Waals surface area (Å²) in [6, 6.07) is 8.53. The molecule has 0 aliphatic carbocycles. The molecule has 0 aliphatic heterocycles. The van der Waals surface area contributed by atoms with Crippen LogP contribution in [-0.2, 0) is 9.09 Å². The summed E-state index contributed by atoms with van der Waals surface area (Å²) in [6.07, 6.45) is 0. The van der Waals surface area contributed by atoms with E-state index in [2.05, 4.69) is 0 Å². The predicted molar refractivity (Wildman–Crippen MR) is 50.0 cm³/mol. The Bertz CT molecular complexity index is 340. The molecule has 3 nitrogen and oxygen atoms in total. The van der Waals surface area contributed by atoms with Gasteiger partial charge in [-0.3, -0.25) is 0 Å². The average molecular weight is 194 g/mol. The van der Waals surface area contributed by atoms with E-state index in [4.69, 9.17) is 9.79 Å². The first-order valence-corrected chi connectivity index (χ1v) is 5.06. The van der Waals surface area contributed by atoms with Crippen LogP contribution < -0.4 is 5.30 Å². The Balaban J connectivity index is 2.81. The third-order valence-corrected chi connectivity index (χ3v) is 2.67. The van der Waals surface area contributed by atoms with E-state index in [0.717, 1.165) is 0 Å². The normalized spacial score (nSPS) is 10.6. The van der Waals surface area contributed by atoms with Gasteiger partial charge >= 0.3 is 8.03 Å². The molecule has 0 spiro atoms. The number of benzene rings is 1. The summed E-state index contributed by atoms with van der Waals surface area (Å²) in [6.45, 7) is 2.21. The van der Waals surface area contributed by atoms with Gasteiger partial charge in [-0.15, -0.1) is 4.52 Å². The molecule has 0 saturated carbocycles. The highest BCUT2D eigenvalue weighted by Gasteiger charge is 2.20. The summed E-state index contributed by atoms with van der Waals surface area (Å²) in [4.78, 5) is 0. The van der Waals surface area contributed by atoms with Gasteiger partial charge < -0.3 is 0 Å². The second-order valence-electron chi connectivity index (χ2n) is 2.33. The smallest absolute Gasteiger partial charge is 0.192 e. The van der Waals surface area contributed by atoms with Gasteiger partial charge in [-0.05, 0) is 35.8 Å². The fourth-order valence-electron chi connectivity index (χ4n) is 0.849. The van der Waals surface area contributed by atoms with Gasteiger partial charge in [-0.25, -0.2) is 0 Å². The van der Waals surface area contributed by atoms with Crippen LogP contribution in [-0.4, -0.2) is 6.61 Å². The van der Waals surface area contributed by atoms with Crippen LogP contribution in [0.1, 0.15) is 12.5 Å². The Morgan fingerprint density at radius 1 is 1.46 bits per heavy atom. The van der Waals surface area contributed by atoms with Crippen molar-refractivity contribution >= 4 is 13.3 Å². The van der Waals surface area contributed by atoms with Gasteiger partial charge in [0.1, 0.15) is 6.61 Å². The van der Waals surface area contributed by atoms with Crippen LogP contribution in [0.25, 0.3) is 0 Å². The third-order valence-electron chi connectivity index (χ3n) is 1.45. The molecule has 1 atom stereocenters. The molecule has 0 radical (unpaired) electrons. The first-order chi connectivity index (χ1) is 6.27. The summed E-state index contributed by atoms with van der Waals surface area (Å²) in [5, 5.41) is 9.14. The maximum atomic E-state index is 11.3. The second-order valence-corrected chi connectivity index (χ2v) is 3.62. The lowest BCUT2D eigenvalue weighted by molar-refractivity contribution is 0.357. The Kier molecular flexibility index (Phi) is 3.57. The van der Waals surface area contributed by atoms with E-state index in [9.17, 15) is 4.57 Å². The molecule has 0 aliphatic rings. The van der Waals surface area contributed by atoms with Crippen molar-refractivity contribution in [1.29, 1.82) is 5.26 Å². The molecule has 1 aromatic carbocycles. The average Bonchev–Trinajstić information content (AvgIpc) is 2.18. The number of hydrogen-bond donors (Lipinski definition) is 0. The van der Waals surface area contributed by atoms with Gasteiger partial charge in [-0.2, -0.15) is 5.26 Å². The van der Waals surface area contributed by atoms with E-state index < -0.39 is 8.03 Å². The van der Waals surface area contributed by atoms with Crippen LogP contribution in [0.15, 0.2) is 24.3 Å². The molecule has 1 aromatic rings. The van der Waals surface area contributed by atoms with Gasteiger partial charge in [-0.1, -0.05) is 0 Å². The Hall–Kier alpha value is -1.23. The minimum absolute atomic E-state index is 0.426. The van der Waals surface area contributed by atoms with E-state index >= 15 is 0 Å². The van der Waals surface area contributed by atoms with E-state index in [0.29, 0.717) is 17.5 Å². The lowest BCUT2D eigenvalue weighted by Gasteiger charge is -1.87. The summed E-state index contributed by atoms with van der Waals surface area (Å²) >= 11 is 0. The van der Waals surface area contributed by atoms with E-state index in [1.54, 1.807) is 31.2 Å². The molecule has 1 unspecified atom stereocenters. The highest BCUT2D eigenvalue weighted by atomic mass is 31.1. The fraction of sp³-hybridized carbons (Fsp3) is 0.222. The minimum atomic E-state index is -1.75. The molecule has 66 valence electrons. The quantitative estimate of drug-likeness (QED) is 0.691. The van der Waals surface area contributed by atoms with Crippen molar-refractivity contribution in [3.63, 3.8) is 0 Å². The Morgan fingerprint density at radius 2 is 2.08 bits per heavy atom. The molecule has 0 saturated heterocycles. The van der Waals surface area contributed by atoms with Crippen LogP contribution in [0.2, 0.25) is 0 Å². The van der Waals surface area contributed by atoms with Crippen LogP contribution in [0.5, 0.6) is 0 Å². The van der Waals surface area contributed by atoms with Gasteiger partial charge in [0.15, 0.2) is 0 Å². The maximum absolute atomic E-state index is 11.3. The standard InChI is InChI=1S/C9H9NO2P/c1-2-12-13(11)9-5-3-8(7-10)4-6-9/h3-6H,2H2,1H3/q+1. The lowest BCUT2D eigenvalue weighted by atomic mass is 10.2. The zero-order chi connectivity index (χ0) is 9.68. The molecule has 13 heavy (non-hydrogen) atoms. The first kappa shape index (κ1) is 9.85. The van der Waals surface area contributed by atoms with Gasteiger partial charge in [0, 0.05) is 0 Å². The van der Waals surface area contributed by atoms with E-state index in [1.165, 1.54) is 0 Å². The zero-order valence-corrected chi connectivity index (χ0v) is 8.12. The zero-order valence-electron chi connectivity index (χ0n) is 7.23. The van der Waals surface area contributed by atoms with Gasteiger partial charge in [0.2, 0.25) is 5.30 Å². The van der Waals surface area contributed by atoms with Crippen molar-refractivity contribution in [3.8, 4) is 6.07 Å². The maximum Gasteiger partial charge on any atom is 0.548 e. The molecule has 0 fully saturated rings. The molecule has 0 heterocycles. The van der Waals surface area contributed by atoms with Crippen molar-refractivity contribution in [3.05, 3.63) is 29.8 Å². The number of hydrogen-bond acceptors (Lipinski definition) is 3. The van der Waals surface area contributed by atoms with Crippen molar-refractivity contribution in [2.24, 2.45) is 0 Å². The van der Waals surface area contributed by atoms with Crippen molar-refractivity contribution in [1.82, 2.24) is 0 Å². The summed E-state index contributed by atoms with van der Waals surface area (Å²) in [5.74, 6) is 0. The predicted octanol–water partition coefficient (Wildman–Crippen LogP) is 1.96. The highest BCUT2D eigenvalue weighted by Crippen LogP contribution is 2.20. The molecule has 4 heteroatoms. The Labute approximate surface area is 77.8 Å². The molecule has 0 amide bonds. The number of nitrogens with zero attached hydrogens (tertiary/aromatic N) is 1. The topological polar surface area (TPSA) is 50.1 Å². The van der Waals surface area contributed by atoms with Gasteiger partial charge in [0.05, 0.1) is 11.6 Å². The van der Waals surface area contributed by atoms with Crippen LogP contribution in [0.4, 0.5) is 0 Å². The highest BCUT2D eigenvalue weighted by molar-refractivity contribution is 7.48. The fourth-order valence-corrected chi connectivity index (χ4v) is 1.63. The number of nitriles is 1. The van der Waals surface area contributed by atoms with Crippen molar-refractivity contribution in [2.75, 3.05) is 6.61 Å². The van der Waals surface area contributed by atoms with E-state index in [1.807, 2.05) is 6.07 Å². The molecule has 1 rings (SSSR count). The first-order valence-electron chi connectivity index (χ1n) is 3.88. The van der Waals surface area contributed by atoms with Crippen LogP contribution >= 0.6 is 8.03 Å². The second kappa shape index (κ2) is 4.71. The van der Waals surface area contributed by atoms with Gasteiger partial charge in [0.25, 0.3) is 0 Å². The van der Waals surface area contributed by atoms with Crippen molar-refractivity contribution < 1.29 is 9.09 Å². The molecule has 0 aromatic heterocycles. The molecule has 0 N–H and O–H groups in total. The monoisotopic (exact) mass is 194 g/mol. The molecular weight excluding hydrogens is 185 g/mol. The third kappa shape index (κ3) is 2.62. The molecular formula is C9H9NO2P+. The lowest BCUT2D eigenvalue weighted by Crippen LogP contribution is -1.97. The summed E-state index contributed by atoms with van der Waals surface area (Å²) in [5.41, 5.74) is 0.559. The minimum Gasteiger partial charge on any atom is -0.192 e. The van der Waals surface area contributed by atoms with Crippen LogP contribution in [0, 0.1) is 11.3 Å². The van der Waals surface area contributed by atoms with E-state index in [-0.39, 0.29) is 0 Å². The summed E-state index contributed by atoms with van der Waals surface area (Å²) < 4.78 is 16.2. The molecule has 0 bridgehead atoms. The van der Waals surface area contributed by atoms with Crippen LogP contribution in [0.3, 0.4) is 0 Å². The largest absolute Gasteiger partial charge is 0.548 e. The van der Waals surface area contributed by atoms with Crippen molar-refractivity contribution in [2.45, 2.75) is 6.92 Å². The summed E-state index contributed by atoms with van der Waals surface area (Å²) in [7, 11) is -1.75. The Morgan fingerprint density at radius 3 is 2.54 bits per heavy atom.